The van der Waals surface area contributed by atoms with Gasteiger partial charge in [0.05, 0.1) is 10.4 Å². The fourth-order valence-corrected chi connectivity index (χ4v) is 3.54. The summed E-state index contributed by atoms with van der Waals surface area (Å²) in [5.41, 5.74) is 6.80. The summed E-state index contributed by atoms with van der Waals surface area (Å²) >= 11 is 1.46. The van der Waals surface area contributed by atoms with Crippen molar-refractivity contribution in [2.24, 2.45) is 5.92 Å². The molecule has 1 fully saturated rings. The van der Waals surface area contributed by atoms with Gasteiger partial charge in [-0.25, -0.2) is 0 Å². The number of anilines is 1. The van der Waals surface area contributed by atoms with Gasteiger partial charge in [0.15, 0.2) is 0 Å². The number of carbonyl (C=O) groups excluding carboxylic acids is 1. The van der Waals surface area contributed by atoms with Gasteiger partial charge in [0.25, 0.3) is 5.91 Å². The maximum Gasteiger partial charge on any atom is 0.266 e. The molecule has 0 spiro atoms. The number of carbonyl (C=O) groups is 1. The van der Waals surface area contributed by atoms with Crippen LogP contribution in [-0.4, -0.2) is 28.4 Å². The third-order valence-electron chi connectivity index (χ3n) is 3.92. The SMILES string of the molecule is CC(C)CCN(C(=O)c1sc2cnccc2c1N)C1CC1. The molecule has 1 aliphatic rings. The summed E-state index contributed by atoms with van der Waals surface area (Å²) in [5, 5.41) is 0.943. The van der Waals surface area contributed by atoms with Crippen LogP contribution in [0.4, 0.5) is 5.69 Å². The molecule has 0 aliphatic heterocycles. The fourth-order valence-electron chi connectivity index (χ4n) is 2.49. The number of aromatic nitrogens is 1. The molecular weight excluding hydrogens is 282 g/mol. The quantitative estimate of drug-likeness (QED) is 0.919. The van der Waals surface area contributed by atoms with Crippen molar-refractivity contribution in [1.82, 2.24) is 9.88 Å². The number of nitrogen functional groups attached to an aromatic ring is 1. The zero-order valence-electron chi connectivity index (χ0n) is 12.5. The molecule has 0 unspecified atom stereocenters. The van der Waals surface area contributed by atoms with Crippen molar-refractivity contribution in [3.8, 4) is 0 Å². The first-order chi connectivity index (χ1) is 10.1. The molecule has 112 valence electrons. The van der Waals surface area contributed by atoms with E-state index in [2.05, 4.69) is 18.8 Å². The molecule has 0 saturated heterocycles. The number of hydrogen-bond acceptors (Lipinski definition) is 4. The maximum absolute atomic E-state index is 12.9. The van der Waals surface area contributed by atoms with E-state index in [4.69, 9.17) is 5.73 Å². The zero-order chi connectivity index (χ0) is 15.0. The van der Waals surface area contributed by atoms with Crippen LogP contribution in [-0.2, 0) is 0 Å². The first-order valence-electron chi connectivity index (χ1n) is 7.51. The van der Waals surface area contributed by atoms with E-state index in [-0.39, 0.29) is 5.91 Å². The Kier molecular flexibility index (Phi) is 3.85. The molecule has 1 amide bonds. The number of pyridine rings is 1. The van der Waals surface area contributed by atoms with Crippen LogP contribution in [0.2, 0.25) is 0 Å². The van der Waals surface area contributed by atoms with Crippen LogP contribution in [0.15, 0.2) is 18.5 Å². The molecule has 3 rings (SSSR count). The molecule has 2 heterocycles. The van der Waals surface area contributed by atoms with Gasteiger partial charge in [0.1, 0.15) is 4.88 Å². The van der Waals surface area contributed by atoms with Gasteiger partial charge in [0, 0.05) is 30.4 Å². The van der Waals surface area contributed by atoms with Gasteiger partial charge in [0.2, 0.25) is 0 Å². The molecule has 5 heteroatoms. The molecule has 2 N–H and O–H groups in total. The van der Waals surface area contributed by atoms with Gasteiger partial charge < -0.3 is 10.6 Å². The Balaban J connectivity index is 1.88. The lowest BCUT2D eigenvalue weighted by atomic mass is 10.1. The summed E-state index contributed by atoms with van der Waals surface area (Å²) in [6.07, 6.45) is 6.78. The van der Waals surface area contributed by atoms with Crippen molar-refractivity contribution in [1.29, 1.82) is 0 Å². The Hall–Kier alpha value is -1.62. The van der Waals surface area contributed by atoms with Crippen molar-refractivity contribution in [2.45, 2.75) is 39.2 Å². The summed E-state index contributed by atoms with van der Waals surface area (Å²) < 4.78 is 0.984. The first-order valence-corrected chi connectivity index (χ1v) is 8.32. The molecule has 1 aliphatic carbocycles. The van der Waals surface area contributed by atoms with E-state index in [1.807, 2.05) is 11.0 Å². The Morgan fingerprint density at radius 2 is 2.29 bits per heavy atom. The van der Waals surface area contributed by atoms with Gasteiger partial charge in [-0.1, -0.05) is 13.8 Å². The zero-order valence-corrected chi connectivity index (χ0v) is 13.3. The molecule has 21 heavy (non-hydrogen) atoms. The average Bonchev–Trinajstić information content (AvgIpc) is 3.23. The second kappa shape index (κ2) is 5.64. The Morgan fingerprint density at radius 3 is 2.90 bits per heavy atom. The topological polar surface area (TPSA) is 59.2 Å². The summed E-state index contributed by atoms with van der Waals surface area (Å²) in [7, 11) is 0. The van der Waals surface area contributed by atoms with Crippen LogP contribution in [0, 0.1) is 5.92 Å². The van der Waals surface area contributed by atoms with E-state index >= 15 is 0 Å². The standard InChI is InChI=1S/C16H21N3OS/c1-10(2)6-8-19(11-3-4-11)16(20)15-14(17)12-5-7-18-9-13(12)21-15/h5,7,9-11H,3-4,6,8,17H2,1-2H3. The van der Waals surface area contributed by atoms with Gasteiger partial charge in [-0.2, -0.15) is 0 Å². The van der Waals surface area contributed by atoms with Gasteiger partial charge >= 0.3 is 0 Å². The van der Waals surface area contributed by atoms with Gasteiger partial charge in [-0.15, -0.1) is 11.3 Å². The molecule has 2 aromatic heterocycles. The lowest BCUT2D eigenvalue weighted by Gasteiger charge is -2.23. The molecule has 0 radical (unpaired) electrons. The maximum atomic E-state index is 12.9. The van der Waals surface area contributed by atoms with Crippen LogP contribution < -0.4 is 5.73 Å². The van der Waals surface area contributed by atoms with Crippen LogP contribution in [0.1, 0.15) is 42.8 Å². The number of amides is 1. The number of rotatable bonds is 5. The minimum atomic E-state index is 0.0943. The lowest BCUT2D eigenvalue weighted by Crippen LogP contribution is -2.34. The highest BCUT2D eigenvalue weighted by atomic mass is 32.1. The second-order valence-electron chi connectivity index (χ2n) is 6.13. The Labute approximate surface area is 129 Å². The van der Waals surface area contributed by atoms with E-state index in [1.54, 1.807) is 12.4 Å². The molecule has 4 nitrogen and oxygen atoms in total. The highest BCUT2D eigenvalue weighted by molar-refractivity contribution is 7.21. The van der Waals surface area contributed by atoms with Crippen molar-refractivity contribution in [3.05, 3.63) is 23.3 Å². The predicted molar refractivity (Wildman–Crippen MR) is 87.5 cm³/mol. The minimum Gasteiger partial charge on any atom is -0.397 e. The largest absolute Gasteiger partial charge is 0.397 e. The predicted octanol–water partition coefficient (Wildman–Crippen LogP) is 3.53. The molecular formula is C16H21N3OS. The van der Waals surface area contributed by atoms with Crippen molar-refractivity contribution >= 4 is 33.0 Å². The number of hydrogen-bond donors (Lipinski definition) is 1. The monoisotopic (exact) mass is 303 g/mol. The summed E-state index contributed by atoms with van der Waals surface area (Å²) in [6.45, 7) is 5.21. The van der Waals surface area contributed by atoms with Gasteiger partial charge in [-0.3, -0.25) is 9.78 Å². The number of thiophene rings is 1. The number of nitrogens with two attached hydrogens (primary N) is 1. The van der Waals surface area contributed by atoms with Crippen molar-refractivity contribution < 1.29 is 4.79 Å². The van der Waals surface area contributed by atoms with E-state index < -0.39 is 0 Å². The smallest absolute Gasteiger partial charge is 0.266 e. The summed E-state index contributed by atoms with van der Waals surface area (Å²) in [5.74, 6) is 0.694. The number of fused-ring (bicyclic) bond motifs is 1. The van der Waals surface area contributed by atoms with E-state index in [9.17, 15) is 4.79 Å². The Morgan fingerprint density at radius 1 is 1.52 bits per heavy atom. The third-order valence-corrected chi connectivity index (χ3v) is 5.07. The molecule has 2 aromatic rings. The molecule has 0 bridgehead atoms. The van der Waals surface area contributed by atoms with Crippen molar-refractivity contribution in [3.63, 3.8) is 0 Å². The second-order valence-corrected chi connectivity index (χ2v) is 7.18. The van der Waals surface area contributed by atoms with Crippen molar-refractivity contribution in [2.75, 3.05) is 12.3 Å². The first kappa shape index (κ1) is 14.3. The van der Waals surface area contributed by atoms with Crippen LogP contribution in [0.5, 0.6) is 0 Å². The number of nitrogens with zero attached hydrogens (tertiary/aromatic N) is 2. The normalized spacial score (nSPS) is 14.8. The van der Waals surface area contributed by atoms with Crippen LogP contribution >= 0.6 is 11.3 Å². The molecule has 1 saturated carbocycles. The van der Waals surface area contributed by atoms with E-state index in [1.165, 1.54) is 11.3 Å². The van der Waals surface area contributed by atoms with E-state index in [0.29, 0.717) is 22.5 Å². The molecule has 0 atom stereocenters. The average molecular weight is 303 g/mol. The van der Waals surface area contributed by atoms with Crippen LogP contribution in [0.3, 0.4) is 0 Å². The molecule has 0 aromatic carbocycles. The summed E-state index contributed by atoms with van der Waals surface area (Å²) in [6, 6.07) is 2.30. The van der Waals surface area contributed by atoms with Gasteiger partial charge in [-0.05, 0) is 31.2 Å². The van der Waals surface area contributed by atoms with E-state index in [0.717, 1.165) is 35.9 Å². The van der Waals surface area contributed by atoms with Crippen LogP contribution in [0.25, 0.3) is 10.1 Å². The lowest BCUT2D eigenvalue weighted by molar-refractivity contribution is 0.0741. The minimum absolute atomic E-state index is 0.0943. The highest BCUT2D eigenvalue weighted by Gasteiger charge is 2.34. The highest BCUT2D eigenvalue weighted by Crippen LogP contribution is 2.36. The Bertz CT molecular complexity index is 661. The third kappa shape index (κ3) is 2.88. The summed E-state index contributed by atoms with van der Waals surface area (Å²) in [4.78, 5) is 19.7. The fraction of sp³-hybridized carbons (Fsp3) is 0.500.